The lowest BCUT2D eigenvalue weighted by atomic mass is 9.84. The largest absolute Gasteiger partial charge is 0.459 e. The molecule has 0 radical (unpaired) electrons. The van der Waals surface area contributed by atoms with Gasteiger partial charge in [-0.25, -0.2) is 4.79 Å². The van der Waals surface area contributed by atoms with E-state index in [0.717, 1.165) is 11.5 Å². The third kappa shape index (κ3) is 4.81. The highest BCUT2D eigenvalue weighted by Crippen LogP contribution is 2.49. The quantitative estimate of drug-likeness (QED) is 0.656. The van der Waals surface area contributed by atoms with Crippen molar-refractivity contribution in [1.82, 2.24) is 5.32 Å². The highest BCUT2D eigenvalue weighted by molar-refractivity contribution is 6.03. The Kier molecular flexibility index (Phi) is 6.11. The third-order valence-electron chi connectivity index (χ3n) is 6.62. The number of ether oxygens (including phenoxy) is 1. The fourth-order valence-electron chi connectivity index (χ4n) is 5.00. The minimum absolute atomic E-state index is 0.0873. The number of amides is 2. The van der Waals surface area contributed by atoms with Crippen molar-refractivity contribution in [2.24, 2.45) is 17.8 Å². The molecule has 2 aliphatic carbocycles. The zero-order valence-corrected chi connectivity index (χ0v) is 17.9. The number of esters is 1. The van der Waals surface area contributed by atoms with Crippen LogP contribution in [0.3, 0.4) is 0 Å². The molecule has 1 heterocycles. The standard InChI is InChI=1S/C24H28N2O5/c1-14-5-7-18(12-20(14)26-23(28)21-4-3-9-30-21)24(29)31-13-22(27)25-15(2)19-11-16-6-8-17(19)10-16/h3-5,7,9,12,15-17,19H,6,8,10-11,13H2,1-2H3,(H,25,27)(H,26,28)/t15-,16-,17-,19-/m0/s1. The van der Waals surface area contributed by atoms with E-state index in [-0.39, 0.29) is 29.9 Å². The molecule has 2 aromatic rings. The summed E-state index contributed by atoms with van der Waals surface area (Å²) in [6.07, 6.45) is 6.46. The van der Waals surface area contributed by atoms with E-state index in [9.17, 15) is 14.4 Å². The van der Waals surface area contributed by atoms with Crippen molar-refractivity contribution in [2.45, 2.75) is 45.6 Å². The van der Waals surface area contributed by atoms with E-state index in [1.54, 1.807) is 24.3 Å². The van der Waals surface area contributed by atoms with Crippen molar-refractivity contribution < 1.29 is 23.5 Å². The Morgan fingerprint density at radius 3 is 2.71 bits per heavy atom. The highest BCUT2D eigenvalue weighted by Gasteiger charge is 2.42. The van der Waals surface area contributed by atoms with Crippen molar-refractivity contribution in [3.05, 3.63) is 53.5 Å². The number of fused-ring (bicyclic) bond motifs is 2. The van der Waals surface area contributed by atoms with Crippen LogP contribution in [0.25, 0.3) is 0 Å². The Morgan fingerprint density at radius 2 is 2.03 bits per heavy atom. The van der Waals surface area contributed by atoms with Gasteiger partial charge >= 0.3 is 5.97 Å². The van der Waals surface area contributed by atoms with Gasteiger partial charge in [-0.3, -0.25) is 9.59 Å². The number of hydrogen-bond acceptors (Lipinski definition) is 5. The van der Waals surface area contributed by atoms with Crippen molar-refractivity contribution in [3.63, 3.8) is 0 Å². The predicted octanol–water partition coefficient (Wildman–Crippen LogP) is 3.94. The maximum Gasteiger partial charge on any atom is 0.338 e. The lowest BCUT2D eigenvalue weighted by Gasteiger charge is -2.28. The number of anilines is 1. The molecule has 1 aromatic carbocycles. The van der Waals surface area contributed by atoms with Crippen LogP contribution in [-0.2, 0) is 9.53 Å². The Morgan fingerprint density at radius 1 is 1.19 bits per heavy atom. The summed E-state index contributed by atoms with van der Waals surface area (Å²) >= 11 is 0. The van der Waals surface area contributed by atoms with Crippen molar-refractivity contribution >= 4 is 23.5 Å². The molecule has 0 aliphatic heterocycles. The first-order valence-electron chi connectivity index (χ1n) is 10.8. The summed E-state index contributed by atoms with van der Waals surface area (Å²) in [6, 6.07) is 8.12. The number of carbonyl (C=O) groups excluding carboxylic acids is 3. The van der Waals surface area contributed by atoms with Crippen LogP contribution in [0, 0.1) is 24.7 Å². The molecule has 7 nitrogen and oxygen atoms in total. The van der Waals surface area contributed by atoms with Crippen molar-refractivity contribution in [3.8, 4) is 0 Å². The number of rotatable bonds is 7. The summed E-state index contributed by atoms with van der Waals surface area (Å²) in [5.41, 5.74) is 1.52. The highest BCUT2D eigenvalue weighted by atomic mass is 16.5. The lowest BCUT2D eigenvalue weighted by Crippen LogP contribution is -2.42. The predicted molar refractivity (Wildman–Crippen MR) is 115 cm³/mol. The Balaban J connectivity index is 1.30. The minimum Gasteiger partial charge on any atom is -0.459 e. The van der Waals surface area contributed by atoms with Gasteiger partial charge in [0.15, 0.2) is 12.4 Å². The van der Waals surface area contributed by atoms with Gasteiger partial charge in [0.1, 0.15) is 0 Å². The molecule has 2 fully saturated rings. The van der Waals surface area contributed by atoms with Gasteiger partial charge in [0.2, 0.25) is 0 Å². The zero-order valence-electron chi connectivity index (χ0n) is 17.9. The van der Waals surface area contributed by atoms with Gasteiger partial charge < -0.3 is 19.8 Å². The Bertz CT molecular complexity index is 968. The molecule has 2 aliphatic rings. The van der Waals surface area contributed by atoms with Gasteiger partial charge in [0.05, 0.1) is 11.8 Å². The Labute approximate surface area is 181 Å². The van der Waals surface area contributed by atoms with Crippen LogP contribution in [0.4, 0.5) is 5.69 Å². The average molecular weight is 424 g/mol. The molecular weight excluding hydrogens is 396 g/mol. The molecule has 0 unspecified atom stereocenters. The maximum absolute atomic E-state index is 12.4. The summed E-state index contributed by atoms with van der Waals surface area (Å²) in [7, 11) is 0. The van der Waals surface area contributed by atoms with Crippen LogP contribution in [0.1, 0.15) is 59.1 Å². The molecule has 2 saturated carbocycles. The summed E-state index contributed by atoms with van der Waals surface area (Å²) in [4.78, 5) is 36.9. The van der Waals surface area contributed by atoms with E-state index < -0.39 is 11.9 Å². The van der Waals surface area contributed by atoms with Crippen LogP contribution in [0.15, 0.2) is 41.0 Å². The van der Waals surface area contributed by atoms with E-state index in [2.05, 4.69) is 10.6 Å². The van der Waals surface area contributed by atoms with E-state index in [4.69, 9.17) is 9.15 Å². The molecule has 7 heteroatoms. The summed E-state index contributed by atoms with van der Waals surface area (Å²) in [6.45, 7) is 3.53. The van der Waals surface area contributed by atoms with Crippen LogP contribution < -0.4 is 10.6 Å². The second-order valence-corrected chi connectivity index (χ2v) is 8.73. The number of carbonyl (C=O) groups is 3. The molecule has 4 atom stereocenters. The molecule has 31 heavy (non-hydrogen) atoms. The maximum atomic E-state index is 12.4. The first-order chi connectivity index (χ1) is 14.9. The van der Waals surface area contributed by atoms with Gasteiger partial charge in [0.25, 0.3) is 11.8 Å². The van der Waals surface area contributed by atoms with Crippen LogP contribution in [0.2, 0.25) is 0 Å². The molecule has 2 bridgehead atoms. The molecule has 1 aromatic heterocycles. The van der Waals surface area contributed by atoms with Crippen molar-refractivity contribution in [2.75, 3.05) is 11.9 Å². The molecule has 0 saturated heterocycles. The van der Waals surface area contributed by atoms with Crippen LogP contribution in [-0.4, -0.2) is 30.4 Å². The first-order valence-corrected chi connectivity index (χ1v) is 10.8. The van der Waals surface area contributed by atoms with Crippen LogP contribution in [0.5, 0.6) is 0 Å². The summed E-state index contributed by atoms with van der Waals surface area (Å²) in [5, 5.41) is 5.72. The van der Waals surface area contributed by atoms with Gasteiger partial charge in [-0.1, -0.05) is 12.5 Å². The van der Waals surface area contributed by atoms with E-state index in [1.807, 2.05) is 13.8 Å². The topological polar surface area (TPSA) is 97.6 Å². The molecule has 4 rings (SSSR count). The monoisotopic (exact) mass is 424 g/mol. The fraction of sp³-hybridized carbons (Fsp3) is 0.458. The molecule has 2 N–H and O–H groups in total. The SMILES string of the molecule is Cc1ccc(C(=O)OCC(=O)N[C@@H](C)[C@@H]2C[C@H]3CC[C@H]2C3)cc1NC(=O)c1ccco1. The second kappa shape index (κ2) is 8.96. The van der Waals surface area contributed by atoms with E-state index >= 15 is 0 Å². The number of hydrogen-bond donors (Lipinski definition) is 2. The average Bonchev–Trinajstić information content (AvgIpc) is 3.51. The fourth-order valence-corrected chi connectivity index (χ4v) is 5.00. The summed E-state index contributed by atoms with van der Waals surface area (Å²) in [5.74, 6) is 0.914. The molecule has 164 valence electrons. The molecule has 2 amide bonds. The number of aryl methyl sites for hydroxylation is 1. The smallest absolute Gasteiger partial charge is 0.338 e. The number of benzene rings is 1. The van der Waals surface area contributed by atoms with Crippen LogP contribution >= 0.6 is 0 Å². The normalized spacial score (nSPS) is 22.7. The molecular formula is C24H28N2O5. The number of furan rings is 1. The zero-order chi connectivity index (χ0) is 22.0. The van der Waals surface area contributed by atoms with Crippen molar-refractivity contribution in [1.29, 1.82) is 0 Å². The van der Waals surface area contributed by atoms with Gasteiger partial charge in [-0.15, -0.1) is 0 Å². The van der Waals surface area contributed by atoms with E-state index in [1.165, 1.54) is 38.0 Å². The third-order valence-corrected chi connectivity index (χ3v) is 6.62. The van der Waals surface area contributed by atoms with Gasteiger partial charge in [-0.05, 0) is 80.7 Å². The summed E-state index contributed by atoms with van der Waals surface area (Å²) < 4.78 is 10.3. The van der Waals surface area contributed by atoms with Gasteiger partial charge in [0, 0.05) is 11.7 Å². The first kappa shape index (κ1) is 21.2. The Hall–Kier alpha value is -3.09. The number of nitrogens with one attached hydrogen (secondary N) is 2. The minimum atomic E-state index is -0.615. The second-order valence-electron chi connectivity index (χ2n) is 8.73. The van der Waals surface area contributed by atoms with Gasteiger partial charge in [-0.2, -0.15) is 0 Å². The lowest BCUT2D eigenvalue weighted by molar-refractivity contribution is -0.125. The van der Waals surface area contributed by atoms with E-state index in [0.29, 0.717) is 17.5 Å². The molecule has 0 spiro atoms.